The Morgan fingerprint density at radius 3 is 2.75 bits per heavy atom. The van der Waals surface area contributed by atoms with E-state index >= 15 is 0 Å². The number of hydrogen-bond acceptors (Lipinski definition) is 5. The highest BCUT2D eigenvalue weighted by molar-refractivity contribution is 7.99. The summed E-state index contributed by atoms with van der Waals surface area (Å²) in [6.45, 7) is 2.29. The monoisotopic (exact) mass is 400 g/mol. The second-order valence-electron chi connectivity index (χ2n) is 6.94. The zero-order valence-electron chi connectivity index (χ0n) is 15.8. The Kier molecular flexibility index (Phi) is 5.21. The van der Waals surface area contributed by atoms with Crippen molar-refractivity contribution in [2.45, 2.75) is 37.5 Å². The van der Waals surface area contributed by atoms with Crippen LogP contribution in [0.2, 0.25) is 0 Å². The molecule has 1 saturated carbocycles. The van der Waals surface area contributed by atoms with Crippen LogP contribution >= 0.6 is 11.8 Å². The standard InChI is InChI=1S/C20H21FN4O2S/c1-13-7-10-15(27-13)11-24(2)18(26)12-28-20-23-22-19(25(20)14-8-9-14)16-5-3-4-6-17(16)21/h3-7,10,14H,8-9,11-12H2,1-2H3. The summed E-state index contributed by atoms with van der Waals surface area (Å²) in [6.07, 6.45) is 2.03. The quantitative estimate of drug-likeness (QED) is 0.560. The van der Waals surface area contributed by atoms with E-state index in [0.717, 1.165) is 24.4 Å². The van der Waals surface area contributed by atoms with E-state index < -0.39 is 0 Å². The molecule has 0 atom stereocenters. The highest BCUT2D eigenvalue weighted by Gasteiger charge is 2.31. The minimum Gasteiger partial charge on any atom is -0.464 e. The fourth-order valence-corrected chi connectivity index (χ4v) is 3.94. The van der Waals surface area contributed by atoms with Gasteiger partial charge >= 0.3 is 0 Å². The molecular weight excluding hydrogens is 379 g/mol. The number of halogens is 1. The largest absolute Gasteiger partial charge is 0.464 e. The summed E-state index contributed by atoms with van der Waals surface area (Å²) >= 11 is 1.33. The number of rotatable bonds is 7. The highest BCUT2D eigenvalue weighted by atomic mass is 32.2. The molecule has 2 heterocycles. The third-order valence-electron chi connectivity index (χ3n) is 4.63. The van der Waals surface area contributed by atoms with Gasteiger partial charge in [-0.1, -0.05) is 23.9 Å². The van der Waals surface area contributed by atoms with Gasteiger partial charge in [0.05, 0.1) is 17.9 Å². The van der Waals surface area contributed by atoms with Crippen LogP contribution in [0.3, 0.4) is 0 Å². The SMILES string of the molecule is Cc1ccc(CN(C)C(=O)CSc2nnc(-c3ccccc3F)n2C2CC2)o1. The van der Waals surface area contributed by atoms with Gasteiger partial charge in [0.25, 0.3) is 0 Å². The molecule has 4 rings (SSSR count). The lowest BCUT2D eigenvalue weighted by Crippen LogP contribution is -2.27. The number of aromatic nitrogens is 3. The fourth-order valence-electron chi connectivity index (χ4n) is 2.99. The van der Waals surface area contributed by atoms with E-state index in [1.807, 2.05) is 23.6 Å². The van der Waals surface area contributed by atoms with Crippen LogP contribution in [0.1, 0.15) is 30.4 Å². The van der Waals surface area contributed by atoms with Crippen LogP contribution in [0.4, 0.5) is 4.39 Å². The summed E-state index contributed by atoms with van der Waals surface area (Å²) in [5, 5.41) is 9.10. The van der Waals surface area contributed by atoms with Crippen molar-refractivity contribution in [2.24, 2.45) is 0 Å². The zero-order chi connectivity index (χ0) is 19.7. The first kappa shape index (κ1) is 18.7. The lowest BCUT2D eigenvalue weighted by Gasteiger charge is -2.15. The van der Waals surface area contributed by atoms with Crippen molar-refractivity contribution in [3.05, 3.63) is 53.7 Å². The number of amides is 1. The molecule has 0 aliphatic heterocycles. The molecule has 1 fully saturated rings. The first-order valence-electron chi connectivity index (χ1n) is 9.15. The number of hydrogen-bond donors (Lipinski definition) is 0. The topological polar surface area (TPSA) is 64.2 Å². The molecule has 0 radical (unpaired) electrons. The second-order valence-corrected chi connectivity index (χ2v) is 7.88. The van der Waals surface area contributed by atoms with Crippen molar-refractivity contribution in [3.8, 4) is 11.4 Å². The Morgan fingerprint density at radius 1 is 1.29 bits per heavy atom. The molecule has 2 aromatic heterocycles. The van der Waals surface area contributed by atoms with Gasteiger partial charge in [0, 0.05) is 13.1 Å². The number of carbonyl (C=O) groups is 1. The molecule has 0 unspecified atom stereocenters. The second kappa shape index (κ2) is 7.79. The number of thioether (sulfide) groups is 1. The van der Waals surface area contributed by atoms with Crippen LogP contribution in [0.25, 0.3) is 11.4 Å². The fraction of sp³-hybridized carbons (Fsp3) is 0.350. The van der Waals surface area contributed by atoms with E-state index in [0.29, 0.717) is 23.1 Å². The Bertz CT molecular complexity index is 996. The first-order chi connectivity index (χ1) is 13.5. The molecule has 0 spiro atoms. The summed E-state index contributed by atoms with van der Waals surface area (Å²) < 4.78 is 21.7. The maximum absolute atomic E-state index is 14.2. The Labute approximate surface area is 166 Å². The average molecular weight is 400 g/mol. The van der Waals surface area contributed by atoms with Crippen LogP contribution in [-0.4, -0.2) is 38.4 Å². The number of aryl methyl sites for hydroxylation is 1. The van der Waals surface area contributed by atoms with Gasteiger partial charge in [0.1, 0.15) is 17.3 Å². The first-order valence-corrected chi connectivity index (χ1v) is 10.1. The van der Waals surface area contributed by atoms with E-state index in [-0.39, 0.29) is 23.5 Å². The third kappa shape index (κ3) is 3.96. The van der Waals surface area contributed by atoms with Gasteiger partial charge in [-0.25, -0.2) is 4.39 Å². The third-order valence-corrected chi connectivity index (χ3v) is 5.56. The number of furan rings is 1. The van der Waals surface area contributed by atoms with Crippen LogP contribution in [-0.2, 0) is 11.3 Å². The van der Waals surface area contributed by atoms with E-state index in [2.05, 4.69) is 10.2 Å². The Hall–Kier alpha value is -2.61. The van der Waals surface area contributed by atoms with Crippen molar-refractivity contribution >= 4 is 17.7 Å². The smallest absolute Gasteiger partial charge is 0.233 e. The lowest BCUT2D eigenvalue weighted by atomic mass is 10.2. The van der Waals surface area contributed by atoms with Gasteiger partial charge < -0.3 is 9.32 Å². The van der Waals surface area contributed by atoms with Gasteiger partial charge in [-0.05, 0) is 44.0 Å². The normalized spacial score (nSPS) is 13.7. The summed E-state index contributed by atoms with van der Waals surface area (Å²) in [5.41, 5.74) is 0.436. The van der Waals surface area contributed by atoms with Crippen molar-refractivity contribution in [1.29, 1.82) is 0 Å². The number of nitrogens with zero attached hydrogens (tertiary/aromatic N) is 4. The van der Waals surface area contributed by atoms with Crippen molar-refractivity contribution in [3.63, 3.8) is 0 Å². The summed E-state index contributed by atoms with van der Waals surface area (Å²) in [5.74, 6) is 1.98. The summed E-state index contributed by atoms with van der Waals surface area (Å²) in [4.78, 5) is 14.1. The highest BCUT2D eigenvalue weighted by Crippen LogP contribution is 2.41. The molecule has 146 valence electrons. The predicted octanol–water partition coefficient (Wildman–Crippen LogP) is 4.07. The summed E-state index contributed by atoms with van der Waals surface area (Å²) in [7, 11) is 1.75. The van der Waals surface area contributed by atoms with Crippen molar-refractivity contribution in [1.82, 2.24) is 19.7 Å². The van der Waals surface area contributed by atoms with Crippen LogP contribution in [0.5, 0.6) is 0 Å². The maximum Gasteiger partial charge on any atom is 0.233 e. The maximum atomic E-state index is 14.2. The van der Waals surface area contributed by atoms with Crippen molar-refractivity contribution < 1.29 is 13.6 Å². The average Bonchev–Trinajstić information content (AvgIpc) is 3.31. The van der Waals surface area contributed by atoms with E-state index in [9.17, 15) is 9.18 Å². The van der Waals surface area contributed by atoms with Gasteiger partial charge in [-0.2, -0.15) is 0 Å². The molecule has 0 bridgehead atoms. The minimum absolute atomic E-state index is 0.0307. The van der Waals surface area contributed by atoms with E-state index in [1.54, 1.807) is 30.1 Å². The van der Waals surface area contributed by atoms with Gasteiger partial charge in [-0.3, -0.25) is 9.36 Å². The van der Waals surface area contributed by atoms with Gasteiger partial charge in [0.2, 0.25) is 5.91 Å². The Balaban J connectivity index is 1.46. The van der Waals surface area contributed by atoms with Gasteiger partial charge in [0.15, 0.2) is 11.0 Å². The molecule has 1 aromatic carbocycles. The molecule has 1 amide bonds. The van der Waals surface area contributed by atoms with Crippen molar-refractivity contribution in [2.75, 3.05) is 12.8 Å². The molecule has 0 N–H and O–H groups in total. The molecule has 8 heteroatoms. The molecular formula is C20H21FN4O2S. The van der Waals surface area contributed by atoms with Crippen LogP contribution in [0, 0.1) is 12.7 Å². The molecule has 0 saturated heterocycles. The lowest BCUT2D eigenvalue weighted by molar-refractivity contribution is -0.127. The predicted molar refractivity (Wildman–Crippen MR) is 104 cm³/mol. The molecule has 1 aliphatic rings. The van der Waals surface area contributed by atoms with Crippen LogP contribution in [0.15, 0.2) is 46.0 Å². The molecule has 28 heavy (non-hydrogen) atoms. The zero-order valence-corrected chi connectivity index (χ0v) is 16.6. The van der Waals surface area contributed by atoms with E-state index in [1.165, 1.54) is 17.8 Å². The molecule has 3 aromatic rings. The summed E-state index contributed by atoms with van der Waals surface area (Å²) in [6, 6.07) is 10.6. The number of benzene rings is 1. The number of carbonyl (C=O) groups excluding carboxylic acids is 1. The van der Waals surface area contributed by atoms with E-state index in [4.69, 9.17) is 4.42 Å². The minimum atomic E-state index is -0.321. The van der Waals surface area contributed by atoms with Crippen LogP contribution < -0.4 is 0 Å². The Morgan fingerprint density at radius 2 is 2.07 bits per heavy atom. The molecule has 1 aliphatic carbocycles. The molecule has 6 nitrogen and oxygen atoms in total. The van der Waals surface area contributed by atoms with Gasteiger partial charge in [-0.15, -0.1) is 10.2 Å².